The second-order valence-corrected chi connectivity index (χ2v) is 11.8. The monoisotopic (exact) mass is 280 g/mol. The number of carbonyl (C=O) groups is 1. The van der Waals surface area contributed by atoms with Gasteiger partial charge in [-0.3, -0.25) is 4.79 Å². The Balaban J connectivity index is 1.91. The molecular formula is C15H24O3Si. The highest BCUT2D eigenvalue weighted by molar-refractivity contribution is 6.74. The van der Waals surface area contributed by atoms with Crippen molar-refractivity contribution in [1.82, 2.24) is 0 Å². The van der Waals surface area contributed by atoms with Gasteiger partial charge in [-0.15, -0.1) is 0 Å². The molecule has 0 saturated carbocycles. The third-order valence-corrected chi connectivity index (χ3v) is 9.06. The predicted molar refractivity (Wildman–Crippen MR) is 78.4 cm³/mol. The van der Waals surface area contributed by atoms with Gasteiger partial charge in [0.2, 0.25) is 5.78 Å². The van der Waals surface area contributed by atoms with Crippen LogP contribution in [0.15, 0.2) is 24.0 Å². The highest BCUT2D eigenvalue weighted by atomic mass is 28.4. The number of ketones is 1. The largest absolute Gasteiger partial charge is 0.479 e. The summed E-state index contributed by atoms with van der Waals surface area (Å²) in [7, 11) is -1.70. The van der Waals surface area contributed by atoms with Crippen molar-refractivity contribution in [2.24, 2.45) is 0 Å². The van der Waals surface area contributed by atoms with Crippen molar-refractivity contribution in [3.05, 3.63) is 24.0 Å². The Morgan fingerprint density at radius 2 is 2.11 bits per heavy atom. The maximum absolute atomic E-state index is 11.5. The van der Waals surface area contributed by atoms with Gasteiger partial charge >= 0.3 is 0 Å². The first-order valence-electron chi connectivity index (χ1n) is 6.92. The molecule has 1 unspecified atom stereocenters. The molecule has 0 aromatic heterocycles. The molecule has 0 saturated heterocycles. The zero-order valence-electron chi connectivity index (χ0n) is 12.6. The maximum atomic E-state index is 11.5. The van der Waals surface area contributed by atoms with Crippen LogP contribution in [0.4, 0.5) is 0 Å². The summed E-state index contributed by atoms with van der Waals surface area (Å²) in [6.45, 7) is 11.9. The van der Waals surface area contributed by atoms with Crippen LogP contribution in [0.1, 0.15) is 33.6 Å². The fraction of sp³-hybridized carbons (Fsp3) is 0.667. The minimum Gasteiger partial charge on any atom is -0.479 e. The van der Waals surface area contributed by atoms with Crippen molar-refractivity contribution in [3.8, 4) is 0 Å². The zero-order valence-corrected chi connectivity index (χ0v) is 13.6. The van der Waals surface area contributed by atoms with Crippen LogP contribution in [0.3, 0.4) is 0 Å². The van der Waals surface area contributed by atoms with Gasteiger partial charge in [0.15, 0.2) is 14.1 Å². The maximum Gasteiger partial charge on any atom is 0.219 e. The average molecular weight is 280 g/mol. The third-order valence-electron chi connectivity index (χ3n) is 4.52. The SMILES string of the molecule is CC(C)(C)[Si](C)(C)OCCC12C=CC(=O)C(=CC1)O2. The molecule has 0 amide bonds. The van der Waals surface area contributed by atoms with E-state index < -0.39 is 8.32 Å². The van der Waals surface area contributed by atoms with Crippen molar-refractivity contribution in [2.45, 2.75) is 57.3 Å². The molecule has 1 atom stereocenters. The standard InChI is InChI=1S/C15H24O3Si/c1-14(2,3)19(4,5)17-11-10-15-8-6-12(16)13(18-15)7-9-15/h6-8H,9-11H2,1-5H3. The van der Waals surface area contributed by atoms with E-state index in [0.717, 1.165) is 12.8 Å². The van der Waals surface area contributed by atoms with Crippen LogP contribution in [0.25, 0.3) is 0 Å². The minimum absolute atomic E-state index is 0.0153. The van der Waals surface area contributed by atoms with E-state index >= 15 is 0 Å². The lowest BCUT2D eigenvalue weighted by atomic mass is 9.96. The minimum atomic E-state index is -1.70. The van der Waals surface area contributed by atoms with Crippen molar-refractivity contribution in [1.29, 1.82) is 0 Å². The van der Waals surface area contributed by atoms with Crippen LogP contribution in [0, 0.1) is 0 Å². The highest BCUT2D eigenvalue weighted by Gasteiger charge is 2.41. The second-order valence-electron chi connectivity index (χ2n) is 7.00. The molecule has 0 radical (unpaired) electrons. The molecule has 19 heavy (non-hydrogen) atoms. The molecule has 0 aromatic carbocycles. The highest BCUT2D eigenvalue weighted by Crippen LogP contribution is 2.39. The van der Waals surface area contributed by atoms with Gasteiger partial charge in [-0.1, -0.05) is 20.8 Å². The van der Waals surface area contributed by atoms with E-state index in [2.05, 4.69) is 33.9 Å². The molecule has 2 rings (SSSR count). The van der Waals surface area contributed by atoms with E-state index in [9.17, 15) is 4.79 Å². The first-order chi connectivity index (χ1) is 8.65. The molecule has 106 valence electrons. The summed E-state index contributed by atoms with van der Waals surface area (Å²) in [5.74, 6) is 0.494. The molecule has 2 aliphatic heterocycles. The van der Waals surface area contributed by atoms with Gasteiger partial charge in [-0.25, -0.2) is 0 Å². The number of hydrogen-bond acceptors (Lipinski definition) is 3. The van der Waals surface area contributed by atoms with Gasteiger partial charge in [0.25, 0.3) is 0 Å². The van der Waals surface area contributed by atoms with Gasteiger partial charge in [0.05, 0.1) is 0 Å². The molecule has 0 aliphatic carbocycles. The third kappa shape index (κ3) is 2.84. The number of ether oxygens (including phenoxy) is 1. The van der Waals surface area contributed by atoms with E-state index in [1.165, 1.54) is 0 Å². The van der Waals surface area contributed by atoms with Crippen LogP contribution >= 0.6 is 0 Å². The number of hydrogen-bond donors (Lipinski definition) is 0. The first kappa shape index (κ1) is 14.5. The van der Waals surface area contributed by atoms with Gasteiger partial charge in [0.1, 0.15) is 5.60 Å². The Labute approximate surface area is 116 Å². The van der Waals surface area contributed by atoms with Crippen LogP contribution in [-0.4, -0.2) is 26.3 Å². The topological polar surface area (TPSA) is 35.5 Å². The summed E-state index contributed by atoms with van der Waals surface area (Å²) in [5, 5.41) is 0.225. The van der Waals surface area contributed by atoms with Crippen molar-refractivity contribution in [3.63, 3.8) is 0 Å². The molecule has 2 aliphatic rings. The summed E-state index contributed by atoms with van der Waals surface area (Å²) in [6, 6.07) is 0. The van der Waals surface area contributed by atoms with Crippen molar-refractivity contribution >= 4 is 14.1 Å². The van der Waals surface area contributed by atoms with Crippen LogP contribution in [0.2, 0.25) is 18.1 Å². The summed E-state index contributed by atoms with van der Waals surface area (Å²) < 4.78 is 11.9. The fourth-order valence-electron chi connectivity index (χ4n) is 2.06. The lowest BCUT2D eigenvalue weighted by Gasteiger charge is -2.37. The van der Waals surface area contributed by atoms with Crippen LogP contribution in [-0.2, 0) is 14.0 Å². The molecule has 0 aromatic rings. The van der Waals surface area contributed by atoms with Crippen molar-refractivity contribution < 1.29 is 14.0 Å². The Kier molecular flexibility index (Phi) is 3.52. The van der Waals surface area contributed by atoms with Gasteiger partial charge in [-0.05, 0) is 36.4 Å². The fourth-order valence-corrected chi connectivity index (χ4v) is 3.11. The number of rotatable bonds is 4. The average Bonchev–Trinajstić information content (AvgIpc) is 2.63. The van der Waals surface area contributed by atoms with E-state index in [0.29, 0.717) is 12.4 Å². The normalized spacial score (nSPS) is 26.4. The number of carbonyl (C=O) groups excluding carboxylic acids is 1. The predicted octanol–water partition coefficient (Wildman–Crippen LogP) is 3.58. The van der Waals surface area contributed by atoms with Crippen molar-refractivity contribution in [2.75, 3.05) is 6.61 Å². The molecule has 4 heteroatoms. The summed E-state index contributed by atoms with van der Waals surface area (Å²) in [6.07, 6.45) is 7.02. The van der Waals surface area contributed by atoms with Crippen LogP contribution < -0.4 is 0 Å². The molecule has 2 bridgehead atoms. The summed E-state index contributed by atoms with van der Waals surface area (Å²) in [4.78, 5) is 11.5. The van der Waals surface area contributed by atoms with Crippen LogP contribution in [0.5, 0.6) is 0 Å². The molecule has 0 fully saturated rings. The molecular weight excluding hydrogens is 256 g/mol. The zero-order chi connectivity index (χ0) is 14.3. The summed E-state index contributed by atoms with van der Waals surface area (Å²) in [5.41, 5.74) is -0.328. The Morgan fingerprint density at radius 1 is 1.42 bits per heavy atom. The van der Waals surface area contributed by atoms with E-state index in [1.807, 2.05) is 12.2 Å². The Morgan fingerprint density at radius 3 is 2.74 bits per heavy atom. The molecule has 0 N–H and O–H groups in total. The lowest BCUT2D eigenvalue weighted by Crippen LogP contribution is -2.42. The molecule has 2 heterocycles. The lowest BCUT2D eigenvalue weighted by molar-refractivity contribution is -0.117. The Hall–Kier alpha value is -0.873. The van der Waals surface area contributed by atoms with Gasteiger partial charge in [0, 0.05) is 19.4 Å². The summed E-state index contributed by atoms with van der Waals surface area (Å²) >= 11 is 0. The van der Waals surface area contributed by atoms with E-state index in [-0.39, 0.29) is 16.4 Å². The molecule has 0 spiro atoms. The van der Waals surface area contributed by atoms with Gasteiger partial charge < -0.3 is 9.16 Å². The smallest absolute Gasteiger partial charge is 0.219 e. The number of allylic oxidation sites excluding steroid dienone is 1. The van der Waals surface area contributed by atoms with Gasteiger partial charge in [-0.2, -0.15) is 0 Å². The molecule has 3 nitrogen and oxygen atoms in total. The van der Waals surface area contributed by atoms with E-state index in [1.54, 1.807) is 6.08 Å². The second kappa shape index (κ2) is 4.60. The quantitative estimate of drug-likeness (QED) is 0.738. The van der Waals surface area contributed by atoms with E-state index in [4.69, 9.17) is 9.16 Å². The number of fused-ring (bicyclic) bond motifs is 2. The first-order valence-corrected chi connectivity index (χ1v) is 9.83. The Bertz CT molecular complexity index is 443.